The number of pyridine rings is 2. The van der Waals surface area contributed by atoms with Gasteiger partial charge >= 0.3 is 0 Å². The highest BCUT2D eigenvalue weighted by Crippen LogP contribution is 2.35. The van der Waals surface area contributed by atoms with Crippen LogP contribution in [0, 0.1) is 23.5 Å². The van der Waals surface area contributed by atoms with Crippen LogP contribution in [-0.4, -0.2) is 44.8 Å². The number of nitrogens with zero attached hydrogens (tertiary/aromatic N) is 2. The van der Waals surface area contributed by atoms with E-state index < -0.39 is 23.1 Å². The van der Waals surface area contributed by atoms with Gasteiger partial charge in [-0.1, -0.05) is 13.0 Å². The average Bonchev–Trinajstić information content (AvgIpc) is 3.65. The molecule has 1 aliphatic carbocycles. The standard InChI is InChI=1S/C29H25F2N5O3/c1-15-14-36(29(39)21-6-7-24(33-28(21)38)20-5-4-17(30)12-23(20)31)11-9-18(15)22-13-25(35-27(37)16-2-3-16)34-26-19(22)8-10-32-26/h4-10,12-13,15-16H,2-3,11,14H2,1H3,(H,33,38)(H2,32,34,35,37). The van der Waals surface area contributed by atoms with Crippen molar-refractivity contribution >= 4 is 34.2 Å². The molecule has 8 nitrogen and oxygen atoms in total. The molecule has 1 saturated carbocycles. The number of carbonyl (C=O) groups excluding carboxylic acids is 2. The Balaban J connectivity index is 1.25. The summed E-state index contributed by atoms with van der Waals surface area (Å²) in [4.78, 5) is 50.2. The van der Waals surface area contributed by atoms with E-state index in [2.05, 4.69) is 20.3 Å². The predicted octanol–water partition coefficient (Wildman–Crippen LogP) is 4.72. The maximum absolute atomic E-state index is 14.2. The largest absolute Gasteiger partial charge is 0.346 e. The molecule has 3 aromatic heterocycles. The van der Waals surface area contributed by atoms with Gasteiger partial charge in [-0.2, -0.15) is 0 Å². The Hall–Kier alpha value is -4.60. The quantitative estimate of drug-likeness (QED) is 0.347. The Labute approximate surface area is 221 Å². The highest BCUT2D eigenvalue weighted by Gasteiger charge is 2.31. The Bertz CT molecular complexity index is 1720. The second-order valence-electron chi connectivity index (χ2n) is 10.1. The van der Waals surface area contributed by atoms with Crippen LogP contribution >= 0.6 is 0 Å². The number of halogens is 2. The van der Waals surface area contributed by atoms with E-state index in [1.165, 1.54) is 18.2 Å². The minimum Gasteiger partial charge on any atom is -0.346 e. The lowest BCUT2D eigenvalue weighted by atomic mass is 9.89. The summed E-state index contributed by atoms with van der Waals surface area (Å²) >= 11 is 0. The van der Waals surface area contributed by atoms with Gasteiger partial charge in [-0.05, 0) is 66.3 Å². The summed E-state index contributed by atoms with van der Waals surface area (Å²) in [6.45, 7) is 2.65. The molecule has 3 N–H and O–H groups in total. The van der Waals surface area contributed by atoms with Crippen molar-refractivity contribution in [1.82, 2.24) is 19.9 Å². The van der Waals surface area contributed by atoms with E-state index >= 15 is 0 Å². The van der Waals surface area contributed by atoms with Crippen LogP contribution in [0.25, 0.3) is 27.9 Å². The summed E-state index contributed by atoms with van der Waals surface area (Å²) in [6.07, 6.45) is 5.54. The molecule has 1 fully saturated rings. The van der Waals surface area contributed by atoms with Gasteiger partial charge in [0.25, 0.3) is 11.5 Å². The molecule has 1 aliphatic heterocycles. The monoisotopic (exact) mass is 529 g/mol. The predicted molar refractivity (Wildman–Crippen MR) is 143 cm³/mol. The Morgan fingerprint density at radius 2 is 1.90 bits per heavy atom. The van der Waals surface area contributed by atoms with Crippen LogP contribution in [-0.2, 0) is 4.79 Å². The van der Waals surface area contributed by atoms with E-state index in [1.54, 1.807) is 11.1 Å². The van der Waals surface area contributed by atoms with Crippen LogP contribution in [0.3, 0.4) is 0 Å². The minimum absolute atomic E-state index is 0.0276. The molecule has 4 aromatic rings. The third-order valence-corrected chi connectivity index (χ3v) is 7.24. The number of carbonyl (C=O) groups is 2. The first-order valence-electron chi connectivity index (χ1n) is 12.8. The second-order valence-corrected chi connectivity index (χ2v) is 10.1. The number of rotatable bonds is 5. The number of amides is 2. The molecule has 39 heavy (non-hydrogen) atoms. The van der Waals surface area contributed by atoms with E-state index in [0.29, 0.717) is 18.0 Å². The highest BCUT2D eigenvalue weighted by molar-refractivity contribution is 5.98. The summed E-state index contributed by atoms with van der Waals surface area (Å²) < 4.78 is 27.4. The molecule has 1 unspecified atom stereocenters. The fourth-order valence-electron chi connectivity index (χ4n) is 5.05. The van der Waals surface area contributed by atoms with Crippen molar-refractivity contribution in [3.63, 3.8) is 0 Å². The first kappa shape index (κ1) is 24.7. The minimum atomic E-state index is -0.810. The summed E-state index contributed by atoms with van der Waals surface area (Å²) in [5, 5.41) is 3.83. The first-order valence-corrected chi connectivity index (χ1v) is 12.8. The third-order valence-electron chi connectivity index (χ3n) is 7.24. The van der Waals surface area contributed by atoms with E-state index in [-0.39, 0.29) is 41.1 Å². The topological polar surface area (TPSA) is 111 Å². The number of fused-ring (bicyclic) bond motifs is 1. The fourth-order valence-corrected chi connectivity index (χ4v) is 5.05. The van der Waals surface area contributed by atoms with Crippen LogP contribution in [0.2, 0.25) is 0 Å². The number of hydrogen-bond acceptors (Lipinski definition) is 4. The maximum atomic E-state index is 14.2. The van der Waals surface area contributed by atoms with Crippen molar-refractivity contribution in [2.75, 3.05) is 18.4 Å². The zero-order chi connectivity index (χ0) is 27.3. The van der Waals surface area contributed by atoms with Gasteiger partial charge in [0.2, 0.25) is 5.91 Å². The third kappa shape index (κ3) is 4.73. The number of nitrogens with one attached hydrogen (secondary N) is 3. The van der Waals surface area contributed by atoms with Gasteiger partial charge in [0, 0.05) is 42.2 Å². The summed E-state index contributed by atoms with van der Waals surface area (Å²) in [5.41, 5.74) is 2.08. The van der Waals surface area contributed by atoms with Crippen molar-refractivity contribution in [3.8, 4) is 11.3 Å². The molecular formula is C29H25F2N5O3. The fraction of sp³-hybridized carbons (Fsp3) is 0.241. The lowest BCUT2D eigenvalue weighted by molar-refractivity contribution is -0.117. The summed E-state index contributed by atoms with van der Waals surface area (Å²) in [5.74, 6) is -1.54. The van der Waals surface area contributed by atoms with Gasteiger partial charge in [0.05, 0.1) is 5.69 Å². The van der Waals surface area contributed by atoms with Gasteiger partial charge in [-0.15, -0.1) is 0 Å². The number of aromatic nitrogens is 3. The Morgan fingerprint density at radius 1 is 1.08 bits per heavy atom. The summed E-state index contributed by atoms with van der Waals surface area (Å²) in [7, 11) is 0. The van der Waals surface area contributed by atoms with Crippen molar-refractivity contribution in [3.05, 3.63) is 87.9 Å². The number of anilines is 1. The Morgan fingerprint density at radius 3 is 2.62 bits per heavy atom. The maximum Gasteiger partial charge on any atom is 0.261 e. The number of benzene rings is 1. The first-order chi connectivity index (χ1) is 18.8. The summed E-state index contributed by atoms with van der Waals surface area (Å²) in [6, 6.07) is 9.68. The van der Waals surface area contributed by atoms with Gasteiger partial charge in [0.15, 0.2) is 0 Å². The van der Waals surface area contributed by atoms with Gasteiger partial charge < -0.3 is 20.2 Å². The van der Waals surface area contributed by atoms with Crippen LogP contribution in [0.5, 0.6) is 0 Å². The molecule has 198 valence electrons. The van der Waals surface area contributed by atoms with Gasteiger partial charge in [-0.25, -0.2) is 13.8 Å². The second kappa shape index (κ2) is 9.61. The molecule has 1 atom stereocenters. The molecular weight excluding hydrogens is 504 g/mol. The lowest BCUT2D eigenvalue weighted by Crippen LogP contribution is -2.40. The molecule has 1 aromatic carbocycles. The molecule has 0 radical (unpaired) electrons. The average molecular weight is 530 g/mol. The smallest absolute Gasteiger partial charge is 0.261 e. The molecule has 0 spiro atoms. The van der Waals surface area contributed by atoms with E-state index in [1.807, 2.05) is 25.1 Å². The molecule has 0 saturated heterocycles. The van der Waals surface area contributed by atoms with Crippen molar-refractivity contribution in [2.24, 2.45) is 11.8 Å². The van der Waals surface area contributed by atoms with Gasteiger partial charge in [-0.3, -0.25) is 14.4 Å². The molecule has 2 amide bonds. The van der Waals surface area contributed by atoms with Crippen LogP contribution < -0.4 is 10.9 Å². The molecule has 0 bridgehead atoms. The van der Waals surface area contributed by atoms with E-state index in [4.69, 9.17) is 0 Å². The lowest BCUT2D eigenvalue weighted by Gasteiger charge is -2.31. The SMILES string of the molecule is CC1CN(C(=O)c2ccc(-c3ccc(F)cc3F)[nH]c2=O)CC=C1c1cc(NC(=O)C2CC2)nc2[nH]ccc12. The zero-order valence-corrected chi connectivity index (χ0v) is 21.1. The normalized spacial score (nSPS) is 17.3. The molecule has 4 heterocycles. The van der Waals surface area contributed by atoms with Crippen molar-refractivity contribution < 1.29 is 18.4 Å². The number of aromatic amines is 2. The van der Waals surface area contributed by atoms with E-state index in [0.717, 1.165) is 41.5 Å². The molecule has 2 aliphatic rings. The van der Waals surface area contributed by atoms with Crippen LogP contribution in [0.1, 0.15) is 35.7 Å². The van der Waals surface area contributed by atoms with Gasteiger partial charge in [0.1, 0.15) is 28.7 Å². The molecule has 10 heteroatoms. The molecule has 6 rings (SSSR count). The van der Waals surface area contributed by atoms with Crippen molar-refractivity contribution in [2.45, 2.75) is 19.8 Å². The number of hydrogen-bond donors (Lipinski definition) is 3. The zero-order valence-electron chi connectivity index (χ0n) is 21.1. The highest BCUT2D eigenvalue weighted by atomic mass is 19.1. The van der Waals surface area contributed by atoms with Crippen LogP contribution in [0.4, 0.5) is 14.6 Å². The Kier molecular flexibility index (Phi) is 6.09. The number of H-pyrrole nitrogens is 2. The van der Waals surface area contributed by atoms with E-state index in [9.17, 15) is 23.2 Å². The van der Waals surface area contributed by atoms with Crippen LogP contribution in [0.15, 0.2) is 59.5 Å². The van der Waals surface area contributed by atoms with Crippen molar-refractivity contribution in [1.29, 1.82) is 0 Å².